The molecule has 0 saturated heterocycles. The second-order valence-corrected chi connectivity index (χ2v) is 9.74. The molecule has 2 bridgehead atoms. The molecule has 4 aliphatic rings. The number of hydrogen-bond donors (Lipinski definition) is 2. The number of ether oxygens (including phenoxy) is 1. The van der Waals surface area contributed by atoms with Gasteiger partial charge in [0.1, 0.15) is 5.76 Å². The number of Topliss-reactive ketones (excluding diaryl/α,β-unsaturated/α-hetero) is 1. The fourth-order valence-electron chi connectivity index (χ4n) is 6.98. The third-order valence-electron chi connectivity index (χ3n) is 8.36. The highest BCUT2D eigenvalue weighted by Gasteiger charge is 2.75. The van der Waals surface area contributed by atoms with Crippen molar-refractivity contribution in [3.05, 3.63) is 24.0 Å². The van der Waals surface area contributed by atoms with E-state index in [4.69, 9.17) is 4.74 Å². The molecule has 7 unspecified atom stereocenters. The van der Waals surface area contributed by atoms with Gasteiger partial charge >= 0.3 is 5.97 Å². The van der Waals surface area contributed by atoms with Gasteiger partial charge in [-0.15, -0.1) is 0 Å². The molecular weight excluding hydrogens is 360 g/mol. The molecule has 0 amide bonds. The van der Waals surface area contributed by atoms with E-state index in [0.29, 0.717) is 18.4 Å². The van der Waals surface area contributed by atoms with Crippen LogP contribution in [0.4, 0.5) is 0 Å². The van der Waals surface area contributed by atoms with E-state index in [1.54, 1.807) is 0 Å². The van der Waals surface area contributed by atoms with Gasteiger partial charge in [-0.25, -0.2) is 0 Å². The number of fused-ring (bicyclic) bond motifs is 3. The van der Waals surface area contributed by atoms with Crippen molar-refractivity contribution in [1.29, 1.82) is 0 Å². The molecule has 0 aromatic carbocycles. The van der Waals surface area contributed by atoms with Crippen LogP contribution in [0, 0.1) is 34.0 Å². The molecule has 4 aliphatic carbocycles. The Bertz CT molecular complexity index is 838. The molecule has 6 nitrogen and oxygen atoms in total. The summed E-state index contributed by atoms with van der Waals surface area (Å²) in [6.45, 7) is 10.8. The number of aliphatic hydroxyl groups excluding tert-OH is 2. The van der Waals surface area contributed by atoms with Gasteiger partial charge in [0.2, 0.25) is 0 Å². The fraction of sp³-hybridized carbons (Fsp3) is 0.682. The van der Waals surface area contributed by atoms with Gasteiger partial charge in [0.15, 0.2) is 11.6 Å². The standard InChI is InChI=1S/C22H28O6/c1-10-12-6-7-13-21(5)14(8-16(25)22(13,18(10)26)19(12)27)20(3,4)15(24)9-17(21)28-11(2)23/h9,12-14,16,19,25,27H,1,6-8H2,2-5H3. The summed E-state index contributed by atoms with van der Waals surface area (Å²) in [6.07, 6.45) is 0.625. The second kappa shape index (κ2) is 5.63. The SMILES string of the molecule is C=C1C(=O)C23C(O)CC4C(C)(C)C(=O)C=C(OC(C)=O)C4(C)C2CCC1C3O. The van der Waals surface area contributed by atoms with Gasteiger partial charge in [-0.3, -0.25) is 14.4 Å². The largest absolute Gasteiger partial charge is 0.431 e. The van der Waals surface area contributed by atoms with Crippen molar-refractivity contribution in [2.24, 2.45) is 34.0 Å². The van der Waals surface area contributed by atoms with E-state index in [-0.39, 0.29) is 35.6 Å². The molecule has 0 radical (unpaired) electrons. The number of ketones is 2. The van der Waals surface area contributed by atoms with E-state index in [0.717, 1.165) is 0 Å². The predicted molar refractivity (Wildman–Crippen MR) is 99.7 cm³/mol. The molecule has 0 heterocycles. The number of hydrogen-bond acceptors (Lipinski definition) is 6. The average Bonchev–Trinajstić information content (AvgIpc) is 2.71. The fourth-order valence-corrected chi connectivity index (χ4v) is 6.98. The van der Waals surface area contributed by atoms with Gasteiger partial charge in [0.05, 0.1) is 17.6 Å². The van der Waals surface area contributed by atoms with Crippen LogP contribution < -0.4 is 0 Å². The maximum Gasteiger partial charge on any atom is 0.307 e. The molecule has 3 saturated carbocycles. The van der Waals surface area contributed by atoms with E-state index in [2.05, 4.69) is 6.58 Å². The quantitative estimate of drug-likeness (QED) is 0.526. The van der Waals surface area contributed by atoms with Crippen LogP contribution in [0.15, 0.2) is 24.0 Å². The molecule has 1 spiro atoms. The lowest BCUT2D eigenvalue weighted by Crippen LogP contribution is -2.68. The minimum Gasteiger partial charge on any atom is -0.431 e. The van der Waals surface area contributed by atoms with Crippen molar-refractivity contribution < 1.29 is 29.3 Å². The van der Waals surface area contributed by atoms with Crippen molar-refractivity contribution in [1.82, 2.24) is 0 Å². The Balaban J connectivity index is 1.96. The molecule has 7 atom stereocenters. The Morgan fingerprint density at radius 3 is 2.43 bits per heavy atom. The van der Waals surface area contributed by atoms with Crippen LogP contribution in [0.2, 0.25) is 0 Å². The molecule has 28 heavy (non-hydrogen) atoms. The van der Waals surface area contributed by atoms with Gasteiger partial charge < -0.3 is 14.9 Å². The van der Waals surface area contributed by atoms with Gasteiger partial charge in [-0.05, 0) is 36.7 Å². The van der Waals surface area contributed by atoms with Crippen LogP contribution in [0.1, 0.15) is 47.0 Å². The highest BCUT2D eigenvalue weighted by molar-refractivity contribution is 6.05. The Morgan fingerprint density at radius 1 is 1.18 bits per heavy atom. The predicted octanol–water partition coefficient (Wildman–Crippen LogP) is 1.94. The van der Waals surface area contributed by atoms with E-state index in [9.17, 15) is 24.6 Å². The van der Waals surface area contributed by atoms with E-state index in [1.807, 2.05) is 20.8 Å². The third kappa shape index (κ3) is 1.98. The monoisotopic (exact) mass is 388 g/mol. The van der Waals surface area contributed by atoms with Crippen LogP contribution in [-0.4, -0.2) is 40.0 Å². The zero-order chi connectivity index (χ0) is 20.8. The Kier molecular flexibility index (Phi) is 3.93. The van der Waals surface area contributed by atoms with Gasteiger partial charge in [0.25, 0.3) is 0 Å². The Hall–Kier alpha value is -1.79. The first-order valence-electron chi connectivity index (χ1n) is 9.95. The van der Waals surface area contributed by atoms with Gasteiger partial charge in [-0.1, -0.05) is 27.4 Å². The first-order valence-corrected chi connectivity index (χ1v) is 9.95. The summed E-state index contributed by atoms with van der Waals surface area (Å²) in [7, 11) is 0. The van der Waals surface area contributed by atoms with Crippen molar-refractivity contribution in [2.75, 3.05) is 0 Å². The van der Waals surface area contributed by atoms with Crippen molar-refractivity contribution in [3.8, 4) is 0 Å². The van der Waals surface area contributed by atoms with Gasteiger partial charge in [0, 0.05) is 29.7 Å². The van der Waals surface area contributed by atoms with Crippen LogP contribution in [-0.2, 0) is 19.1 Å². The zero-order valence-electron chi connectivity index (χ0n) is 16.8. The third-order valence-corrected chi connectivity index (χ3v) is 8.36. The van der Waals surface area contributed by atoms with Crippen LogP contribution in [0.5, 0.6) is 0 Å². The van der Waals surface area contributed by atoms with E-state index in [1.165, 1.54) is 13.0 Å². The molecule has 0 aliphatic heterocycles. The van der Waals surface area contributed by atoms with Crippen LogP contribution in [0.3, 0.4) is 0 Å². The normalized spacial score (nSPS) is 46.6. The Morgan fingerprint density at radius 2 is 1.82 bits per heavy atom. The summed E-state index contributed by atoms with van der Waals surface area (Å²) in [4.78, 5) is 38.0. The molecular formula is C22H28O6. The number of rotatable bonds is 1. The van der Waals surface area contributed by atoms with Crippen molar-refractivity contribution in [3.63, 3.8) is 0 Å². The molecule has 0 aromatic heterocycles. The lowest BCUT2D eigenvalue weighted by atomic mass is 9.40. The zero-order valence-corrected chi connectivity index (χ0v) is 16.8. The smallest absolute Gasteiger partial charge is 0.307 e. The number of aliphatic hydroxyl groups is 2. The molecule has 6 heteroatoms. The maximum atomic E-state index is 13.3. The van der Waals surface area contributed by atoms with Crippen molar-refractivity contribution >= 4 is 17.5 Å². The van der Waals surface area contributed by atoms with E-state index < -0.39 is 40.3 Å². The summed E-state index contributed by atoms with van der Waals surface area (Å²) in [5.74, 6) is -1.86. The van der Waals surface area contributed by atoms with Crippen LogP contribution in [0.25, 0.3) is 0 Å². The van der Waals surface area contributed by atoms with Crippen molar-refractivity contribution in [2.45, 2.75) is 59.2 Å². The molecule has 4 rings (SSSR count). The average molecular weight is 388 g/mol. The highest BCUT2D eigenvalue weighted by Crippen LogP contribution is 2.71. The number of carbonyl (C=O) groups excluding carboxylic acids is 3. The maximum absolute atomic E-state index is 13.3. The molecule has 3 fully saturated rings. The molecule has 0 aromatic rings. The summed E-state index contributed by atoms with van der Waals surface area (Å²) < 4.78 is 5.52. The second-order valence-electron chi connectivity index (χ2n) is 9.74. The molecule has 2 N–H and O–H groups in total. The van der Waals surface area contributed by atoms with E-state index >= 15 is 0 Å². The summed E-state index contributed by atoms with van der Waals surface area (Å²) in [5.41, 5.74) is -2.61. The highest BCUT2D eigenvalue weighted by atomic mass is 16.5. The topological polar surface area (TPSA) is 101 Å². The first-order chi connectivity index (χ1) is 12.9. The minimum absolute atomic E-state index is 0.161. The summed E-state index contributed by atoms with van der Waals surface area (Å²) in [5, 5.41) is 22.3. The van der Waals surface area contributed by atoms with Crippen LogP contribution >= 0.6 is 0 Å². The number of allylic oxidation sites excluding steroid dienone is 2. The lowest BCUT2D eigenvalue weighted by Gasteiger charge is -2.63. The van der Waals surface area contributed by atoms with Gasteiger partial charge in [-0.2, -0.15) is 0 Å². The lowest BCUT2D eigenvalue weighted by molar-refractivity contribution is -0.215. The molecule has 152 valence electrons. The summed E-state index contributed by atoms with van der Waals surface area (Å²) in [6, 6.07) is 0. The minimum atomic E-state index is -1.36. The number of carbonyl (C=O) groups is 3. The first kappa shape index (κ1) is 19.5. The number of esters is 1. The summed E-state index contributed by atoms with van der Waals surface area (Å²) >= 11 is 0. The Labute approximate surface area is 164 Å².